The Bertz CT molecular complexity index is 550. The van der Waals surface area contributed by atoms with E-state index in [-0.39, 0.29) is 9.25 Å². The van der Waals surface area contributed by atoms with Crippen molar-refractivity contribution in [1.82, 2.24) is 9.37 Å². The summed E-state index contributed by atoms with van der Waals surface area (Å²) < 4.78 is 51.8. The van der Waals surface area contributed by atoms with Gasteiger partial charge in [0.15, 0.2) is 9.22 Å². The van der Waals surface area contributed by atoms with Gasteiger partial charge in [0, 0.05) is 0 Å². The van der Waals surface area contributed by atoms with Gasteiger partial charge in [-0.3, -0.25) is 0 Å². The van der Waals surface area contributed by atoms with Crippen LogP contribution in [0.25, 0.3) is 0 Å². The SMILES string of the molecule is CC(C)(C)[Si](C)(C)NS(=O)(=O)c1cnc(C(F)F)s1. The van der Waals surface area contributed by atoms with Gasteiger partial charge in [0.05, 0.1) is 6.20 Å². The molecule has 0 aliphatic rings. The van der Waals surface area contributed by atoms with E-state index in [1.54, 1.807) is 0 Å². The van der Waals surface area contributed by atoms with E-state index in [9.17, 15) is 17.2 Å². The highest BCUT2D eigenvalue weighted by atomic mass is 32.2. The number of nitrogens with one attached hydrogen (secondary N) is 1. The molecule has 0 fully saturated rings. The first-order valence-corrected chi connectivity index (χ1v) is 10.9. The van der Waals surface area contributed by atoms with Gasteiger partial charge < -0.3 is 0 Å². The molecule has 1 rings (SSSR count). The van der Waals surface area contributed by atoms with Crippen LogP contribution in [0.3, 0.4) is 0 Å². The summed E-state index contributed by atoms with van der Waals surface area (Å²) in [6.07, 6.45) is -1.76. The van der Waals surface area contributed by atoms with Crippen LogP contribution in [0.4, 0.5) is 8.78 Å². The van der Waals surface area contributed by atoms with E-state index in [0.717, 1.165) is 6.20 Å². The molecule has 0 radical (unpaired) electrons. The van der Waals surface area contributed by atoms with Gasteiger partial charge in [-0.25, -0.2) is 26.6 Å². The number of sulfonamides is 1. The third kappa shape index (κ3) is 3.80. The van der Waals surface area contributed by atoms with Crippen molar-refractivity contribution in [1.29, 1.82) is 0 Å². The molecule has 1 N–H and O–H groups in total. The molecule has 0 saturated heterocycles. The Morgan fingerprint density at radius 3 is 2.26 bits per heavy atom. The van der Waals surface area contributed by atoms with E-state index in [2.05, 4.69) is 9.37 Å². The van der Waals surface area contributed by atoms with Crippen LogP contribution in [0.2, 0.25) is 18.1 Å². The monoisotopic (exact) mass is 328 g/mol. The fourth-order valence-corrected chi connectivity index (χ4v) is 7.12. The number of halogens is 2. The smallest absolute Gasteiger partial charge is 0.242 e. The van der Waals surface area contributed by atoms with Gasteiger partial charge in [0.25, 0.3) is 6.43 Å². The van der Waals surface area contributed by atoms with E-state index >= 15 is 0 Å². The molecule has 4 nitrogen and oxygen atoms in total. The van der Waals surface area contributed by atoms with Crippen molar-refractivity contribution < 1.29 is 17.2 Å². The Morgan fingerprint density at radius 1 is 1.37 bits per heavy atom. The van der Waals surface area contributed by atoms with Crippen LogP contribution >= 0.6 is 11.3 Å². The van der Waals surface area contributed by atoms with Crippen LogP contribution in [0.5, 0.6) is 0 Å². The highest BCUT2D eigenvalue weighted by Crippen LogP contribution is 2.35. The van der Waals surface area contributed by atoms with Crippen molar-refractivity contribution in [3.63, 3.8) is 0 Å². The molecule has 19 heavy (non-hydrogen) atoms. The summed E-state index contributed by atoms with van der Waals surface area (Å²) in [4.78, 5) is 3.44. The molecule has 0 atom stereocenters. The molecule has 0 aliphatic carbocycles. The Morgan fingerprint density at radius 2 is 1.89 bits per heavy atom. The van der Waals surface area contributed by atoms with Gasteiger partial charge in [-0.15, -0.1) is 0 Å². The van der Waals surface area contributed by atoms with E-state index in [0.29, 0.717) is 11.3 Å². The van der Waals surface area contributed by atoms with Crippen molar-refractivity contribution in [2.45, 2.75) is 49.5 Å². The Balaban J connectivity index is 3.05. The van der Waals surface area contributed by atoms with E-state index in [4.69, 9.17) is 0 Å². The second kappa shape index (κ2) is 5.19. The zero-order chi connectivity index (χ0) is 15.1. The first-order chi connectivity index (χ1) is 8.37. The molecule has 1 aromatic rings. The number of nitrogens with zero attached hydrogens (tertiary/aromatic N) is 1. The maximum atomic E-state index is 12.4. The minimum Gasteiger partial charge on any atom is -0.242 e. The van der Waals surface area contributed by atoms with Crippen LogP contribution in [0, 0.1) is 0 Å². The molecule has 9 heteroatoms. The third-order valence-corrected chi connectivity index (χ3v) is 12.4. The van der Waals surface area contributed by atoms with Crippen molar-refractivity contribution in [2.24, 2.45) is 0 Å². The second-order valence-corrected chi connectivity index (χ2v) is 14.1. The molecular formula is C10H18F2N2O2S2Si. The lowest BCUT2D eigenvalue weighted by Gasteiger charge is -2.36. The summed E-state index contributed by atoms with van der Waals surface area (Å²) in [5.74, 6) is 0. The highest BCUT2D eigenvalue weighted by Gasteiger charge is 2.40. The third-order valence-electron chi connectivity index (χ3n) is 3.22. The quantitative estimate of drug-likeness (QED) is 0.862. The fraction of sp³-hybridized carbons (Fsp3) is 0.700. The predicted molar refractivity (Wildman–Crippen MR) is 74.6 cm³/mol. The minimum atomic E-state index is -3.78. The number of hydrogen-bond donors (Lipinski definition) is 1. The molecule has 110 valence electrons. The van der Waals surface area contributed by atoms with Gasteiger partial charge in [-0.05, 0) is 5.04 Å². The fourth-order valence-electron chi connectivity index (χ4n) is 1.04. The summed E-state index contributed by atoms with van der Waals surface area (Å²) in [5.41, 5.74) is 0. The minimum absolute atomic E-state index is 0.160. The maximum absolute atomic E-state index is 12.4. The normalized spacial score (nSPS) is 14.1. The second-order valence-electron chi connectivity index (χ2n) is 5.80. The van der Waals surface area contributed by atoms with Crippen LogP contribution in [0.1, 0.15) is 32.2 Å². The predicted octanol–water partition coefficient (Wildman–Crippen LogP) is 3.36. The topological polar surface area (TPSA) is 59.1 Å². The molecule has 0 amide bonds. The van der Waals surface area contributed by atoms with E-state index < -0.39 is 29.7 Å². The number of hydrogen-bond acceptors (Lipinski definition) is 4. The highest BCUT2D eigenvalue weighted by molar-refractivity contribution is 7.93. The average molecular weight is 328 g/mol. The summed E-state index contributed by atoms with van der Waals surface area (Å²) in [5, 5.41) is -0.661. The zero-order valence-electron chi connectivity index (χ0n) is 11.5. The molecule has 1 heterocycles. The number of aromatic nitrogens is 1. The molecule has 1 aromatic heterocycles. The average Bonchev–Trinajstić information content (AvgIpc) is 2.62. The summed E-state index contributed by atoms with van der Waals surface area (Å²) >= 11 is 0.510. The van der Waals surface area contributed by atoms with Gasteiger partial charge >= 0.3 is 0 Å². The lowest BCUT2D eigenvalue weighted by Crippen LogP contribution is -2.54. The molecular weight excluding hydrogens is 310 g/mol. The Labute approximate surface area is 117 Å². The Hall–Kier alpha value is -0.383. The molecule has 0 unspecified atom stereocenters. The summed E-state index contributed by atoms with van der Waals surface area (Å²) in [6.45, 7) is 9.65. The van der Waals surface area contributed by atoms with Gasteiger partial charge in [0.1, 0.15) is 8.24 Å². The van der Waals surface area contributed by atoms with Crippen molar-refractivity contribution in [2.75, 3.05) is 0 Å². The lowest BCUT2D eigenvalue weighted by molar-refractivity contribution is 0.151. The molecule has 0 aromatic carbocycles. The van der Waals surface area contributed by atoms with Crippen LogP contribution in [0.15, 0.2) is 10.4 Å². The van der Waals surface area contributed by atoms with Crippen molar-refractivity contribution in [3.05, 3.63) is 11.2 Å². The molecule has 0 aliphatic heterocycles. The summed E-state index contributed by atoms with van der Waals surface area (Å²) in [7, 11) is -6.07. The lowest BCUT2D eigenvalue weighted by atomic mass is 10.2. The van der Waals surface area contributed by atoms with Crippen LogP contribution in [-0.4, -0.2) is 21.6 Å². The van der Waals surface area contributed by atoms with Crippen LogP contribution in [-0.2, 0) is 10.0 Å². The standard InChI is InChI=1S/C10H18F2N2O2S2Si/c1-10(2,3)19(4,5)14-18(15,16)7-6-13-9(17-7)8(11)12/h6,8,14H,1-5H3. The molecule has 0 spiro atoms. The first-order valence-electron chi connectivity index (χ1n) is 5.65. The van der Waals surface area contributed by atoms with E-state index in [1.165, 1.54) is 0 Å². The number of rotatable bonds is 4. The van der Waals surface area contributed by atoms with Gasteiger partial charge in [0.2, 0.25) is 10.0 Å². The molecule has 0 bridgehead atoms. The molecule has 0 saturated carbocycles. The Kier molecular flexibility index (Phi) is 4.55. The van der Waals surface area contributed by atoms with E-state index in [1.807, 2.05) is 33.9 Å². The van der Waals surface area contributed by atoms with Gasteiger partial charge in [-0.1, -0.05) is 45.2 Å². The van der Waals surface area contributed by atoms with Crippen molar-refractivity contribution >= 4 is 29.6 Å². The number of alkyl halides is 2. The summed E-state index contributed by atoms with van der Waals surface area (Å²) in [6, 6.07) is 0. The van der Waals surface area contributed by atoms with Crippen molar-refractivity contribution in [3.8, 4) is 0 Å². The van der Waals surface area contributed by atoms with Crippen LogP contribution < -0.4 is 4.39 Å². The number of thiazole rings is 1. The van der Waals surface area contributed by atoms with Gasteiger partial charge in [-0.2, -0.15) is 0 Å². The maximum Gasteiger partial charge on any atom is 0.289 e. The largest absolute Gasteiger partial charge is 0.289 e. The zero-order valence-corrected chi connectivity index (χ0v) is 14.1. The first kappa shape index (κ1) is 16.7.